The summed E-state index contributed by atoms with van der Waals surface area (Å²) in [5, 5.41) is 12.7. The first-order valence-electron chi connectivity index (χ1n) is 10.8. The fourth-order valence-electron chi connectivity index (χ4n) is 3.81. The Bertz CT molecular complexity index is 1170. The second kappa shape index (κ2) is 10.4. The molecular weight excluding hydrogens is 528 g/mol. The summed E-state index contributed by atoms with van der Waals surface area (Å²) < 4.78 is 13.5. The highest BCUT2D eigenvalue weighted by molar-refractivity contribution is 9.10. The number of furan rings is 1. The van der Waals surface area contributed by atoms with Crippen LogP contribution in [0.3, 0.4) is 0 Å². The summed E-state index contributed by atoms with van der Waals surface area (Å²) in [6, 6.07) is 3.70. The largest absolute Gasteiger partial charge is 0.462 e. The molecule has 11 heteroatoms. The van der Waals surface area contributed by atoms with Crippen LogP contribution in [0.5, 0.6) is 0 Å². The molecule has 4 rings (SSSR count). The topological polar surface area (TPSA) is 99.2 Å². The number of anilines is 1. The van der Waals surface area contributed by atoms with E-state index in [0.717, 1.165) is 31.2 Å². The fourth-order valence-corrected chi connectivity index (χ4v) is 6.28. The molecule has 0 bridgehead atoms. The number of amides is 1. The number of nitrogens with zero attached hydrogens (tertiary/aromatic N) is 3. The molecule has 3 aromatic heterocycles. The van der Waals surface area contributed by atoms with E-state index in [0.29, 0.717) is 38.6 Å². The summed E-state index contributed by atoms with van der Waals surface area (Å²) in [5.41, 5.74) is 1.55. The van der Waals surface area contributed by atoms with E-state index < -0.39 is 0 Å². The van der Waals surface area contributed by atoms with Crippen LogP contribution in [0.1, 0.15) is 60.5 Å². The molecule has 8 nitrogen and oxygen atoms in total. The predicted molar refractivity (Wildman–Crippen MR) is 132 cm³/mol. The number of carbonyl (C=O) groups is 2. The number of thioether (sulfide) groups is 1. The first-order valence-corrected chi connectivity index (χ1v) is 13.4. The second-order valence-corrected chi connectivity index (χ2v) is 10.7. The molecule has 176 valence electrons. The molecule has 0 aromatic carbocycles. The third kappa shape index (κ3) is 5.20. The van der Waals surface area contributed by atoms with E-state index in [9.17, 15) is 9.59 Å². The molecule has 0 fully saturated rings. The highest BCUT2D eigenvalue weighted by Gasteiger charge is 2.27. The lowest BCUT2D eigenvalue weighted by Crippen LogP contribution is -2.17. The lowest BCUT2D eigenvalue weighted by Gasteiger charge is -2.13. The molecule has 0 unspecified atom stereocenters. The Hall–Kier alpha value is -2.11. The molecule has 0 saturated heterocycles. The highest BCUT2D eigenvalue weighted by atomic mass is 79.9. The molecule has 3 heterocycles. The number of fused-ring (bicyclic) bond motifs is 1. The van der Waals surface area contributed by atoms with Crippen LogP contribution in [-0.4, -0.2) is 39.0 Å². The number of nitrogens with one attached hydrogen (secondary N) is 1. The normalized spacial score (nSPS) is 13.2. The zero-order valence-electron chi connectivity index (χ0n) is 18.6. The van der Waals surface area contributed by atoms with Gasteiger partial charge in [-0.2, -0.15) is 0 Å². The van der Waals surface area contributed by atoms with Crippen molar-refractivity contribution in [3.05, 3.63) is 32.8 Å². The summed E-state index contributed by atoms with van der Waals surface area (Å²) in [7, 11) is 0. The first kappa shape index (κ1) is 24.0. The average molecular weight is 554 g/mol. The summed E-state index contributed by atoms with van der Waals surface area (Å²) >= 11 is 6.09. The van der Waals surface area contributed by atoms with Crippen molar-refractivity contribution in [1.82, 2.24) is 14.8 Å². The standard InChI is InChI=1S/C22H25BrN4O4S2/c1-4-30-21(29)18-13-7-5-6-8-15(13)33-20(18)24-17(28)11-32-22-26-25-19(27(22)12(2)3)14-9-10-16(23)31-14/h9-10,12H,4-8,11H2,1-3H3,(H,24,28). The van der Waals surface area contributed by atoms with E-state index in [2.05, 4.69) is 31.4 Å². The molecule has 1 aliphatic rings. The molecule has 0 aliphatic heterocycles. The number of hydrogen-bond acceptors (Lipinski definition) is 8. The van der Waals surface area contributed by atoms with Gasteiger partial charge in [0.25, 0.3) is 0 Å². The number of halogens is 1. The van der Waals surface area contributed by atoms with Gasteiger partial charge in [0.05, 0.1) is 17.9 Å². The number of aryl methyl sites for hydroxylation is 1. The van der Waals surface area contributed by atoms with Gasteiger partial charge < -0.3 is 14.5 Å². The molecule has 3 aromatic rings. The number of aromatic nitrogens is 3. The molecule has 1 aliphatic carbocycles. The van der Waals surface area contributed by atoms with Crippen LogP contribution in [0, 0.1) is 0 Å². The van der Waals surface area contributed by atoms with Crippen LogP contribution in [0.25, 0.3) is 11.6 Å². The van der Waals surface area contributed by atoms with Crippen molar-refractivity contribution in [2.24, 2.45) is 0 Å². The van der Waals surface area contributed by atoms with Gasteiger partial charge in [0.2, 0.25) is 11.7 Å². The van der Waals surface area contributed by atoms with Crippen LogP contribution in [0.2, 0.25) is 0 Å². The Morgan fingerprint density at radius 3 is 2.79 bits per heavy atom. The molecule has 0 atom stereocenters. The number of thiophene rings is 1. The van der Waals surface area contributed by atoms with E-state index in [1.165, 1.54) is 28.0 Å². The zero-order chi connectivity index (χ0) is 23.5. The van der Waals surface area contributed by atoms with Crippen LogP contribution in [0.4, 0.5) is 5.00 Å². The van der Waals surface area contributed by atoms with Crippen LogP contribution >= 0.6 is 39.0 Å². The van der Waals surface area contributed by atoms with Gasteiger partial charge in [0.1, 0.15) is 5.00 Å². The van der Waals surface area contributed by atoms with Crippen molar-refractivity contribution < 1.29 is 18.7 Å². The predicted octanol–water partition coefficient (Wildman–Crippen LogP) is 5.73. The minimum absolute atomic E-state index is 0.0730. The van der Waals surface area contributed by atoms with Gasteiger partial charge in [-0.05, 0) is 80.1 Å². The number of carbonyl (C=O) groups excluding carboxylic acids is 2. The lowest BCUT2D eigenvalue weighted by atomic mass is 9.95. The highest BCUT2D eigenvalue weighted by Crippen LogP contribution is 2.39. The van der Waals surface area contributed by atoms with Gasteiger partial charge in [-0.1, -0.05) is 11.8 Å². The molecule has 0 saturated carbocycles. The average Bonchev–Trinajstić information content (AvgIpc) is 3.48. The van der Waals surface area contributed by atoms with E-state index in [1.807, 2.05) is 24.5 Å². The summed E-state index contributed by atoms with van der Waals surface area (Å²) in [4.78, 5) is 26.6. The van der Waals surface area contributed by atoms with Crippen molar-refractivity contribution in [2.75, 3.05) is 17.7 Å². The van der Waals surface area contributed by atoms with Crippen molar-refractivity contribution in [3.8, 4) is 11.6 Å². The Labute approximate surface area is 208 Å². The van der Waals surface area contributed by atoms with E-state index in [-0.39, 0.29) is 23.7 Å². The van der Waals surface area contributed by atoms with Crippen LogP contribution < -0.4 is 5.32 Å². The molecule has 1 N–H and O–H groups in total. The van der Waals surface area contributed by atoms with Crippen molar-refractivity contribution >= 4 is 55.9 Å². The van der Waals surface area contributed by atoms with Crippen molar-refractivity contribution in [3.63, 3.8) is 0 Å². The van der Waals surface area contributed by atoms with Gasteiger partial charge in [-0.15, -0.1) is 21.5 Å². The molecule has 1 amide bonds. The number of ether oxygens (including phenoxy) is 1. The molecule has 0 radical (unpaired) electrons. The third-order valence-electron chi connectivity index (χ3n) is 5.21. The maximum atomic E-state index is 12.8. The first-order chi connectivity index (χ1) is 15.9. The van der Waals surface area contributed by atoms with Crippen molar-refractivity contribution in [1.29, 1.82) is 0 Å². The Kier molecular flexibility index (Phi) is 7.60. The number of esters is 1. The quantitative estimate of drug-likeness (QED) is 0.281. The van der Waals surface area contributed by atoms with E-state index in [1.54, 1.807) is 13.0 Å². The zero-order valence-corrected chi connectivity index (χ0v) is 21.9. The monoisotopic (exact) mass is 552 g/mol. The Morgan fingerprint density at radius 1 is 1.30 bits per heavy atom. The Balaban J connectivity index is 1.50. The third-order valence-corrected chi connectivity index (χ3v) is 7.79. The van der Waals surface area contributed by atoms with Crippen LogP contribution in [-0.2, 0) is 22.4 Å². The number of hydrogen-bond donors (Lipinski definition) is 1. The smallest absolute Gasteiger partial charge is 0.341 e. The number of rotatable bonds is 8. The fraction of sp³-hybridized carbons (Fsp3) is 0.455. The van der Waals surface area contributed by atoms with Gasteiger partial charge in [0.15, 0.2) is 15.6 Å². The van der Waals surface area contributed by atoms with Gasteiger partial charge in [-0.3, -0.25) is 9.36 Å². The molecule has 0 spiro atoms. The van der Waals surface area contributed by atoms with E-state index in [4.69, 9.17) is 9.15 Å². The molecular formula is C22H25BrN4O4S2. The SMILES string of the molecule is CCOC(=O)c1c(NC(=O)CSc2nnc(-c3ccc(Br)o3)n2C(C)C)sc2c1CCCC2. The maximum absolute atomic E-state index is 12.8. The lowest BCUT2D eigenvalue weighted by molar-refractivity contribution is -0.113. The summed E-state index contributed by atoms with van der Waals surface area (Å²) in [5.74, 6) is 0.771. The minimum atomic E-state index is -0.367. The Morgan fingerprint density at radius 2 is 2.09 bits per heavy atom. The second-order valence-electron chi connectivity index (χ2n) is 7.85. The van der Waals surface area contributed by atoms with E-state index >= 15 is 0 Å². The maximum Gasteiger partial charge on any atom is 0.341 e. The summed E-state index contributed by atoms with van der Waals surface area (Å²) in [6.07, 6.45) is 3.91. The van der Waals surface area contributed by atoms with Gasteiger partial charge >= 0.3 is 5.97 Å². The van der Waals surface area contributed by atoms with Crippen molar-refractivity contribution in [2.45, 2.75) is 57.7 Å². The minimum Gasteiger partial charge on any atom is -0.462 e. The summed E-state index contributed by atoms with van der Waals surface area (Å²) in [6.45, 7) is 6.13. The molecule has 33 heavy (non-hydrogen) atoms. The van der Waals surface area contributed by atoms with Crippen LogP contribution in [0.15, 0.2) is 26.4 Å². The van der Waals surface area contributed by atoms with Gasteiger partial charge in [-0.25, -0.2) is 4.79 Å². The van der Waals surface area contributed by atoms with Gasteiger partial charge in [0, 0.05) is 10.9 Å².